The van der Waals surface area contributed by atoms with Gasteiger partial charge in [0.15, 0.2) is 0 Å². The number of nitrogens with one attached hydrogen (secondary N) is 1. The SMILES string of the molecule is CC(C)CN(C[C@H]1CN(Cc2ccc[nH]2)C[C@H]1c1cccc(C(F)(F)F)c1)C(=O)c1ccc(F)cc1. The summed E-state index contributed by atoms with van der Waals surface area (Å²) in [5, 5.41) is 0. The van der Waals surface area contributed by atoms with Crippen LogP contribution in [0.3, 0.4) is 0 Å². The number of halogens is 4. The lowest BCUT2D eigenvalue weighted by Crippen LogP contribution is -2.39. The number of hydrogen-bond donors (Lipinski definition) is 1. The van der Waals surface area contributed by atoms with Crippen molar-refractivity contribution in [2.45, 2.75) is 32.5 Å². The third-order valence-electron chi connectivity index (χ3n) is 6.63. The number of hydrogen-bond acceptors (Lipinski definition) is 2. The molecule has 2 aromatic carbocycles. The van der Waals surface area contributed by atoms with E-state index in [2.05, 4.69) is 9.88 Å². The van der Waals surface area contributed by atoms with E-state index >= 15 is 0 Å². The number of benzene rings is 2. The van der Waals surface area contributed by atoms with Gasteiger partial charge in [-0.25, -0.2) is 4.39 Å². The number of H-pyrrole nitrogens is 1. The molecular weight excluding hydrogens is 470 g/mol. The van der Waals surface area contributed by atoms with Crippen LogP contribution in [0.15, 0.2) is 66.9 Å². The van der Waals surface area contributed by atoms with Crippen LogP contribution in [-0.2, 0) is 12.7 Å². The molecular formula is C28H31F4N3O. The third kappa shape index (κ3) is 6.35. The first kappa shape index (κ1) is 25.9. The Balaban J connectivity index is 1.62. The number of alkyl halides is 3. The highest BCUT2D eigenvalue weighted by Gasteiger charge is 2.38. The highest BCUT2D eigenvalue weighted by Crippen LogP contribution is 2.37. The van der Waals surface area contributed by atoms with Gasteiger partial charge < -0.3 is 9.88 Å². The van der Waals surface area contributed by atoms with Gasteiger partial charge in [-0.15, -0.1) is 0 Å². The molecule has 1 saturated heterocycles. The van der Waals surface area contributed by atoms with Crippen molar-refractivity contribution < 1.29 is 22.4 Å². The standard InChI is InChI=1S/C28H31F4N3O/c1-19(2)14-35(27(36)20-8-10-24(29)11-9-20)16-22-15-34(17-25-7-4-12-33-25)18-26(22)21-5-3-6-23(13-21)28(30,31)32/h3-13,19,22,26,33H,14-18H2,1-2H3/t22-,26+/m1/s1. The zero-order valence-corrected chi connectivity index (χ0v) is 20.4. The number of nitrogens with zero attached hydrogens (tertiary/aromatic N) is 2. The maximum atomic E-state index is 13.5. The zero-order valence-electron chi connectivity index (χ0n) is 20.4. The molecule has 0 aliphatic carbocycles. The third-order valence-corrected chi connectivity index (χ3v) is 6.63. The minimum Gasteiger partial charge on any atom is -0.364 e. The van der Waals surface area contributed by atoms with Crippen molar-refractivity contribution in [1.29, 1.82) is 0 Å². The summed E-state index contributed by atoms with van der Waals surface area (Å²) in [6.07, 6.45) is -2.57. The first-order valence-corrected chi connectivity index (χ1v) is 12.2. The molecule has 1 fully saturated rings. The van der Waals surface area contributed by atoms with Crippen LogP contribution < -0.4 is 0 Å². The van der Waals surface area contributed by atoms with Crippen LogP contribution in [0.4, 0.5) is 17.6 Å². The van der Waals surface area contributed by atoms with Crippen molar-refractivity contribution in [3.63, 3.8) is 0 Å². The molecule has 0 spiro atoms. The number of likely N-dealkylation sites (tertiary alicyclic amines) is 1. The van der Waals surface area contributed by atoms with E-state index in [1.807, 2.05) is 32.2 Å². The molecule has 0 radical (unpaired) electrons. The molecule has 4 rings (SSSR count). The molecule has 1 aromatic heterocycles. The molecule has 4 nitrogen and oxygen atoms in total. The van der Waals surface area contributed by atoms with E-state index in [1.54, 1.807) is 11.0 Å². The smallest absolute Gasteiger partial charge is 0.364 e. The van der Waals surface area contributed by atoms with Gasteiger partial charge in [0.25, 0.3) is 5.91 Å². The molecule has 8 heteroatoms. The van der Waals surface area contributed by atoms with E-state index in [-0.39, 0.29) is 23.7 Å². The van der Waals surface area contributed by atoms with Gasteiger partial charge >= 0.3 is 6.18 Å². The Morgan fingerprint density at radius 1 is 1.08 bits per heavy atom. The van der Waals surface area contributed by atoms with Crippen molar-refractivity contribution in [2.75, 3.05) is 26.2 Å². The number of amides is 1. The molecule has 2 heterocycles. The quantitative estimate of drug-likeness (QED) is 0.374. The van der Waals surface area contributed by atoms with Gasteiger partial charge in [-0.05, 0) is 59.9 Å². The lowest BCUT2D eigenvalue weighted by atomic mass is 9.87. The first-order valence-electron chi connectivity index (χ1n) is 12.2. The van der Waals surface area contributed by atoms with E-state index in [9.17, 15) is 22.4 Å². The van der Waals surface area contributed by atoms with Crippen molar-refractivity contribution in [3.8, 4) is 0 Å². The fraction of sp³-hybridized carbons (Fsp3) is 0.393. The van der Waals surface area contributed by atoms with Gasteiger partial charge in [0.2, 0.25) is 0 Å². The number of rotatable bonds is 8. The van der Waals surface area contributed by atoms with Gasteiger partial charge in [0, 0.05) is 56.1 Å². The Kier molecular flexibility index (Phi) is 7.83. The molecule has 0 bridgehead atoms. The van der Waals surface area contributed by atoms with E-state index in [0.29, 0.717) is 43.9 Å². The number of carbonyl (C=O) groups excluding carboxylic acids is 1. The Morgan fingerprint density at radius 3 is 2.47 bits per heavy atom. The highest BCUT2D eigenvalue weighted by molar-refractivity contribution is 5.94. The molecule has 0 saturated carbocycles. The van der Waals surface area contributed by atoms with Gasteiger partial charge in [-0.3, -0.25) is 9.69 Å². The summed E-state index contributed by atoms with van der Waals surface area (Å²) in [5.41, 5.74) is 1.39. The van der Waals surface area contributed by atoms with Gasteiger partial charge in [0.05, 0.1) is 5.56 Å². The van der Waals surface area contributed by atoms with Crippen molar-refractivity contribution >= 4 is 5.91 Å². The largest absolute Gasteiger partial charge is 0.416 e. The second kappa shape index (κ2) is 10.9. The lowest BCUT2D eigenvalue weighted by molar-refractivity contribution is -0.137. The normalized spacial score (nSPS) is 18.6. The minimum absolute atomic E-state index is 0.0633. The van der Waals surface area contributed by atoms with Crippen LogP contribution in [0.1, 0.15) is 46.9 Å². The fourth-order valence-corrected chi connectivity index (χ4v) is 5.04. The Morgan fingerprint density at radius 2 is 1.83 bits per heavy atom. The van der Waals surface area contributed by atoms with Crippen molar-refractivity contribution in [1.82, 2.24) is 14.8 Å². The zero-order chi connectivity index (χ0) is 25.9. The molecule has 192 valence electrons. The molecule has 0 unspecified atom stereocenters. The maximum Gasteiger partial charge on any atom is 0.416 e. The summed E-state index contributed by atoms with van der Waals surface area (Å²) in [6.45, 7) is 6.81. The fourth-order valence-electron chi connectivity index (χ4n) is 5.04. The Bertz CT molecular complexity index is 1140. The second-order valence-electron chi connectivity index (χ2n) is 9.99. The van der Waals surface area contributed by atoms with Crippen LogP contribution in [-0.4, -0.2) is 46.9 Å². The lowest BCUT2D eigenvalue weighted by Gasteiger charge is -2.30. The minimum atomic E-state index is -4.42. The van der Waals surface area contributed by atoms with E-state index in [0.717, 1.165) is 11.8 Å². The molecule has 1 amide bonds. The molecule has 1 N–H and O–H groups in total. The molecule has 1 aliphatic heterocycles. The van der Waals surface area contributed by atoms with Crippen LogP contribution in [0.5, 0.6) is 0 Å². The van der Waals surface area contributed by atoms with Crippen LogP contribution in [0, 0.1) is 17.7 Å². The molecule has 36 heavy (non-hydrogen) atoms. The second-order valence-corrected chi connectivity index (χ2v) is 9.99. The van der Waals surface area contributed by atoms with Gasteiger partial charge in [0.1, 0.15) is 5.82 Å². The first-order chi connectivity index (χ1) is 17.1. The van der Waals surface area contributed by atoms with Crippen LogP contribution in [0.2, 0.25) is 0 Å². The Hall–Kier alpha value is -3.13. The maximum absolute atomic E-state index is 13.5. The molecule has 2 atom stereocenters. The highest BCUT2D eigenvalue weighted by atomic mass is 19.4. The average Bonchev–Trinajstić information content (AvgIpc) is 3.48. The summed E-state index contributed by atoms with van der Waals surface area (Å²) in [4.78, 5) is 20.6. The van der Waals surface area contributed by atoms with Crippen molar-refractivity contribution in [3.05, 3.63) is 95.1 Å². The number of aromatic amines is 1. The molecule has 3 aromatic rings. The molecule has 1 aliphatic rings. The van der Waals surface area contributed by atoms with Crippen LogP contribution >= 0.6 is 0 Å². The van der Waals surface area contributed by atoms with Gasteiger partial charge in [-0.2, -0.15) is 13.2 Å². The summed E-state index contributed by atoms with van der Waals surface area (Å²) in [6, 6.07) is 14.9. The predicted molar refractivity (Wildman–Crippen MR) is 131 cm³/mol. The van der Waals surface area contributed by atoms with Crippen LogP contribution in [0.25, 0.3) is 0 Å². The Labute approximate surface area is 208 Å². The number of carbonyl (C=O) groups is 1. The van der Waals surface area contributed by atoms with E-state index < -0.39 is 17.6 Å². The van der Waals surface area contributed by atoms with E-state index in [1.165, 1.54) is 36.4 Å². The van der Waals surface area contributed by atoms with Crippen molar-refractivity contribution in [2.24, 2.45) is 11.8 Å². The summed E-state index contributed by atoms with van der Waals surface area (Å²) in [7, 11) is 0. The monoisotopic (exact) mass is 501 g/mol. The van der Waals surface area contributed by atoms with E-state index in [4.69, 9.17) is 0 Å². The topological polar surface area (TPSA) is 39.3 Å². The summed E-state index contributed by atoms with van der Waals surface area (Å²) < 4.78 is 53.8. The van der Waals surface area contributed by atoms with Gasteiger partial charge in [-0.1, -0.05) is 32.0 Å². The predicted octanol–water partition coefficient (Wildman–Crippen LogP) is 6.19. The summed E-state index contributed by atoms with van der Waals surface area (Å²) in [5.74, 6) is -0.654. The number of aromatic nitrogens is 1. The summed E-state index contributed by atoms with van der Waals surface area (Å²) >= 11 is 0. The average molecular weight is 502 g/mol.